The molecule has 2 N–H and O–H groups in total. The Kier molecular flexibility index (Phi) is 6.80. The molecule has 0 aliphatic rings. The van der Waals surface area contributed by atoms with E-state index in [9.17, 15) is 14.7 Å². The van der Waals surface area contributed by atoms with Crippen LogP contribution in [0.3, 0.4) is 0 Å². The fourth-order valence-corrected chi connectivity index (χ4v) is 2.35. The minimum Gasteiger partial charge on any atom is -0.388 e. The molecule has 0 aliphatic carbocycles. The fraction of sp³-hybridized carbons (Fsp3) is 0.571. The lowest BCUT2D eigenvalue weighted by Gasteiger charge is -2.24. The number of carbonyl (C=O) groups is 2. The molecule has 7 heteroatoms. The lowest BCUT2D eigenvalue weighted by Crippen LogP contribution is -2.45. The average Bonchev–Trinajstić information content (AvgIpc) is 2.96. The molecule has 0 saturated carbocycles. The average molecular weight is 314 g/mol. The van der Waals surface area contributed by atoms with E-state index in [-0.39, 0.29) is 24.9 Å². The van der Waals surface area contributed by atoms with Crippen LogP contribution in [0.25, 0.3) is 0 Å². The van der Waals surface area contributed by atoms with Crippen molar-refractivity contribution in [3.63, 3.8) is 0 Å². The number of amides is 2. The zero-order chi connectivity index (χ0) is 15.9. The van der Waals surface area contributed by atoms with Crippen LogP contribution in [-0.2, 0) is 9.53 Å². The number of rotatable bonds is 8. The van der Waals surface area contributed by atoms with Crippen molar-refractivity contribution >= 4 is 23.2 Å². The van der Waals surface area contributed by atoms with E-state index in [2.05, 4.69) is 5.32 Å². The summed E-state index contributed by atoms with van der Waals surface area (Å²) in [5.74, 6) is -0.494. The summed E-state index contributed by atoms with van der Waals surface area (Å²) >= 11 is 1.34. The number of hydrogen-bond acceptors (Lipinski definition) is 5. The molecule has 1 aromatic heterocycles. The van der Waals surface area contributed by atoms with Gasteiger partial charge in [-0.15, -0.1) is 11.3 Å². The van der Waals surface area contributed by atoms with Gasteiger partial charge in [-0.1, -0.05) is 6.07 Å². The molecule has 0 radical (unpaired) electrons. The summed E-state index contributed by atoms with van der Waals surface area (Å²) in [4.78, 5) is 25.7. The summed E-state index contributed by atoms with van der Waals surface area (Å²) in [7, 11) is 3.13. The summed E-state index contributed by atoms with van der Waals surface area (Å²) in [6.45, 7) is 2.12. The molecule has 0 saturated heterocycles. The second kappa shape index (κ2) is 8.11. The molecule has 1 atom stereocenters. The number of carbonyl (C=O) groups excluding carboxylic acids is 2. The molecule has 0 fully saturated rings. The highest BCUT2D eigenvalue weighted by Gasteiger charge is 2.22. The van der Waals surface area contributed by atoms with Crippen LogP contribution in [0.15, 0.2) is 17.5 Å². The molecule has 0 bridgehead atoms. The van der Waals surface area contributed by atoms with Crippen molar-refractivity contribution in [2.75, 3.05) is 33.9 Å². The Bertz CT molecular complexity index is 460. The van der Waals surface area contributed by atoms with Crippen LogP contribution in [-0.4, -0.2) is 61.3 Å². The number of hydrogen-bond donors (Lipinski definition) is 2. The Morgan fingerprint density at radius 2 is 2.24 bits per heavy atom. The van der Waals surface area contributed by atoms with Gasteiger partial charge >= 0.3 is 0 Å². The first-order valence-corrected chi connectivity index (χ1v) is 7.50. The van der Waals surface area contributed by atoms with Crippen LogP contribution in [0.2, 0.25) is 0 Å². The molecule has 0 spiro atoms. The van der Waals surface area contributed by atoms with E-state index in [1.54, 1.807) is 33.2 Å². The number of aliphatic hydroxyl groups is 1. The molecule has 0 aromatic carbocycles. The fourth-order valence-electron chi connectivity index (χ4n) is 1.63. The van der Waals surface area contributed by atoms with E-state index in [1.807, 2.05) is 5.38 Å². The van der Waals surface area contributed by atoms with Crippen LogP contribution in [0, 0.1) is 0 Å². The Balaban J connectivity index is 2.38. The van der Waals surface area contributed by atoms with Crippen LogP contribution < -0.4 is 5.32 Å². The molecule has 1 rings (SSSR count). The first-order chi connectivity index (χ1) is 9.85. The lowest BCUT2D eigenvalue weighted by atomic mass is 10.0. The zero-order valence-electron chi connectivity index (χ0n) is 12.6. The van der Waals surface area contributed by atoms with Gasteiger partial charge in [-0.2, -0.15) is 0 Å². The molecular weight excluding hydrogens is 292 g/mol. The summed E-state index contributed by atoms with van der Waals surface area (Å²) in [5.41, 5.74) is -1.03. The number of nitrogens with zero attached hydrogens (tertiary/aromatic N) is 1. The molecular formula is C14H22N2O4S. The van der Waals surface area contributed by atoms with Gasteiger partial charge in [0.05, 0.1) is 17.0 Å². The summed E-state index contributed by atoms with van der Waals surface area (Å²) < 4.78 is 4.90. The summed E-state index contributed by atoms with van der Waals surface area (Å²) in [5, 5.41) is 14.5. The highest BCUT2D eigenvalue weighted by Crippen LogP contribution is 2.11. The molecule has 6 nitrogen and oxygen atoms in total. The van der Waals surface area contributed by atoms with Crippen molar-refractivity contribution in [2.24, 2.45) is 0 Å². The molecule has 1 unspecified atom stereocenters. The predicted molar refractivity (Wildman–Crippen MR) is 81.4 cm³/mol. The predicted octanol–water partition coefficient (Wildman–Crippen LogP) is 0.724. The van der Waals surface area contributed by atoms with Crippen molar-refractivity contribution < 1.29 is 19.4 Å². The van der Waals surface area contributed by atoms with Gasteiger partial charge in [0, 0.05) is 33.7 Å². The van der Waals surface area contributed by atoms with Crippen LogP contribution in [0.1, 0.15) is 23.0 Å². The van der Waals surface area contributed by atoms with Crippen molar-refractivity contribution in [3.8, 4) is 0 Å². The van der Waals surface area contributed by atoms with E-state index in [4.69, 9.17) is 4.74 Å². The summed E-state index contributed by atoms with van der Waals surface area (Å²) in [6.07, 6.45) is 0.424. The van der Waals surface area contributed by atoms with Gasteiger partial charge in [-0.3, -0.25) is 9.59 Å². The van der Waals surface area contributed by atoms with E-state index in [0.29, 0.717) is 17.9 Å². The Hall–Kier alpha value is -1.44. The van der Waals surface area contributed by atoms with Gasteiger partial charge in [0.15, 0.2) is 0 Å². The first-order valence-electron chi connectivity index (χ1n) is 6.63. The van der Waals surface area contributed by atoms with Crippen molar-refractivity contribution in [1.29, 1.82) is 0 Å². The molecule has 1 aromatic rings. The Morgan fingerprint density at radius 3 is 2.81 bits per heavy atom. The van der Waals surface area contributed by atoms with Gasteiger partial charge in [0.1, 0.15) is 0 Å². The second-order valence-corrected chi connectivity index (χ2v) is 6.10. The maximum atomic E-state index is 12.0. The molecule has 21 heavy (non-hydrogen) atoms. The molecule has 118 valence electrons. The smallest absolute Gasteiger partial charge is 0.264 e. The normalized spacial score (nSPS) is 13.5. The second-order valence-electron chi connectivity index (χ2n) is 5.15. The van der Waals surface area contributed by atoms with Crippen LogP contribution in [0.5, 0.6) is 0 Å². The lowest BCUT2D eigenvalue weighted by molar-refractivity contribution is -0.122. The SMILES string of the molecule is COCCC(C)(O)CNC(=O)CN(C)C(=O)c1cccs1. The number of thiophene rings is 1. The Labute approximate surface area is 128 Å². The monoisotopic (exact) mass is 314 g/mol. The zero-order valence-corrected chi connectivity index (χ0v) is 13.4. The van der Waals surface area contributed by atoms with Crippen molar-refractivity contribution in [2.45, 2.75) is 18.9 Å². The van der Waals surface area contributed by atoms with E-state index in [0.717, 1.165) is 0 Å². The molecule has 2 amide bonds. The highest BCUT2D eigenvalue weighted by molar-refractivity contribution is 7.12. The molecule has 1 heterocycles. The first kappa shape index (κ1) is 17.6. The minimum atomic E-state index is -1.03. The third-order valence-corrected chi connectivity index (χ3v) is 3.83. The van der Waals surface area contributed by atoms with Gasteiger partial charge in [0.2, 0.25) is 5.91 Å². The number of methoxy groups -OCH3 is 1. The van der Waals surface area contributed by atoms with Gasteiger partial charge in [-0.05, 0) is 18.4 Å². The van der Waals surface area contributed by atoms with Gasteiger partial charge in [0.25, 0.3) is 5.91 Å². The topological polar surface area (TPSA) is 78.9 Å². The number of likely N-dealkylation sites (N-methyl/N-ethyl adjacent to an activating group) is 1. The number of nitrogens with one attached hydrogen (secondary N) is 1. The highest BCUT2D eigenvalue weighted by atomic mass is 32.1. The standard InChI is InChI=1S/C14H22N2O4S/c1-14(19,6-7-20-3)10-15-12(17)9-16(2)13(18)11-5-4-8-21-11/h4-5,8,19H,6-7,9-10H2,1-3H3,(H,15,17). The largest absolute Gasteiger partial charge is 0.388 e. The third-order valence-electron chi connectivity index (χ3n) is 2.97. The van der Waals surface area contributed by atoms with Gasteiger partial charge < -0.3 is 20.1 Å². The summed E-state index contributed by atoms with van der Waals surface area (Å²) in [6, 6.07) is 3.51. The third kappa shape index (κ3) is 6.24. The van der Waals surface area contributed by atoms with Crippen LogP contribution >= 0.6 is 11.3 Å². The van der Waals surface area contributed by atoms with E-state index < -0.39 is 5.60 Å². The van der Waals surface area contributed by atoms with E-state index >= 15 is 0 Å². The number of ether oxygens (including phenoxy) is 1. The Morgan fingerprint density at radius 1 is 1.52 bits per heavy atom. The van der Waals surface area contributed by atoms with Crippen molar-refractivity contribution in [1.82, 2.24) is 10.2 Å². The van der Waals surface area contributed by atoms with Crippen molar-refractivity contribution in [3.05, 3.63) is 22.4 Å². The van der Waals surface area contributed by atoms with Crippen LogP contribution in [0.4, 0.5) is 0 Å². The quantitative estimate of drug-likeness (QED) is 0.741. The maximum Gasteiger partial charge on any atom is 0.264 e. The van der Waals surface area contributed by atoms with Gasteiger partial charge in [-0.25, -0.2) is 0 Å². The van der Waals surface area contributed by atoms with E-state index in [1.165, 1.54) is 16.2 Å². The molecule has 0 aliphatic heterocycles. The minimum absolute atomic E-state index is 0.0446. The maximum absolute atomic E-state index is 12.0.